The number of nitrogens with zero attached hydrogens (tertiary/aromatic N) is 1. The number of H-pyrrole nitrogens is 1. The van der Waals surface area contributed by atoms with Crippen molar-refractivity contribution in [1.29, 1.82) is 0 Å². The normalized spacial score (nSPS) is 11.9. The van der Waals surface area contributed by atoms with Crippen molar-refractivity contribution >= 4 is 11.8 Å². The van der Waals surface area contributed by atoms with E-state index in [1.54, 1.807) is 12.4 Å². The van der Waals surface area contributed by atoms with E-state index in [0.29, 0.717) is 5.82 Å². The first kappa shape index (κ1) is 11.2. The fraction of sp³-hybridized carbons (Fsp3) is 0.444. The van der Waals surface area contributed by atoms with Gasteiger partial charge in [0, 0.05) is 19.3 Å². The summed E-state index contributed by atoms with van der Waals surface area (Å²) in [5.41, 5.74) is 0. The molecule has 3 N–H and O–H groups in total. The molecule has 0 saturated heterocycles. The molecule has 0 aliphatic carbocycles. The summed E-state index contributed by atoms with van der Waals surface area (Å²) < 4.78 is 0. The summed E-state index contributed by atoms with van der Waals surface area (Å²) >= 11 is 0. The highest BCUT2D eigenvalue weighted by Gasteiger charge is 2.10. The summed E-state index contributed by atoms with van der Waals surface area (Å²) in [4.78, 5) is 28.7. The molecular weight excluding hydrogens is 196 g/mol. The molecule has 82 valence electrons. The smallest absolute Gasteiger partial charge is 0.239 e. The fourth-order valence-electron chi connectivity index (χ4n) is 1.08. The molecule has 0 fully saturated rings. The Morgan fingerprint density at radius 3 is 2.87 bits per heavy atom. The molecule has 2 amide bonds. The fourth-order valence-corrected chi connectivity index (χ4v) is 1.08. The molecule has 1 atom stereocenters. The Labute approximate surface area is 87.5 Å². The predicted molar refractivity (Wildman–Crippen MR) is 53.8 cm³/mol. The van der Waals surface area contributed by atoms with Gasteiger partial charge in [0.05, 0.1) is 12.6 Å². The van der Waals surface area contributed by atoms with Gasteiger partial charge in [-0.05, 0) is 6.92 Å². The van der Waals surface area contributed by atoms with Crippen LogP contribution in [0.3, 0.4) is 0 Å². The lowest BCUT2D eigenvalue weighted by molar-refractivity contribution is -0.125. The molecule has 0 aliphatic rings. The lowest BCUT2D eigenvalue weighted by Crippen LogP contribution is -2.37. The van der Waals surface area contributed by atoms with E-state index in [0.717, 1.165) is 0 Å². The average Bonchev–Trinajstić information content (AvgIpc) is 2.67. The lowest BCUT2D eigenvalue weighted by atomic mass is 10.3. The number of aromatic amines is 1. The van der Waals surface area contributed by atoms with E-state index in [2.05, 4.69) is 20.6 Å². The van der Waals surface area contributed by atoms with Gasteiger partial charge in [0.25, 0.3) is 0 Å². The number of imidazole rings is 1. The van der Waals surface area contributed by atoms with Crippen molar-refractivity contribution in [3.8, 4) is 0 Å². The monoisotopic (exact) mass is 210 g/mol. The Kier molecular flexibility index (Phi) is 3.84. The Balaban J connectivity index is 2.35. The highest BCUT2D eigenvalue weighted by atomic mass is 16.2. The first-order valence-electron chi connectivity index (χ1n) is 4.62. The molecular formula is C9H14N4O2. The maximum absolute atomic E-state index is 11.3. The first-order valence-corrected chi connectivity index (χ1v) is 4.62. The Morgan fingerprint density at radius 2 is 2.33 bits per heavy atom. The van der Waals surface area contributed by atoms with Gasteiger partial charge in [-0.2, -0.15) is 0 Å². The van der Waals surface area contributed by atoms with Gasteiger partial charge < -0.3 is 15.6 Å². The van der Waals surface area contributed by atoms with Crippen molar-refractivity contribution in [2.45, 2.75) is 19.9 Å². The van der Waals surface area contributed by atoms with E-state index >= 15 is 0 Å². The predicted octanol–water partition coefficient (Wildman–Crippen LogP) is -0.277. The van der Waals surface area contributed by atoms with Gasteiger partial charge >= 0.3 is 0 Å². The van der Waals surface area contributed by atoms with Gasteiger partial charge in [0.1, 0.15) is 5.82 Å². The van der Waals surface area contributed by atoms with Gasteiger partial charge in [-0.15, -0.1) is 0 Å². The molecule has 6 heteroatoms. The van der Waals surface area contributed by atoms with Crippen molar-refractivity contribution in [1.82, 2.24) is 20.6 Å². The van der Waals surface area contributed by atoms with Gasteiger partial charge in [-0.3, -0.25) is 9.59 Å². The van der Waals surface area contributed by atoms with E-state index < -0.39 is 0 Å². The second-order valence-electron chi connectivity index (χ2n) is 3.17. The van der Waals surface area contributed by atoms with Crippen LogP contribution >= 0.6 is 0 Å². The minimum Gasteiger partial charge on any atom is -0.347 e. The molecule has 0 aliphatic heterocycles. The van der Waals surface area contributed by atoms with E-state index in [-0.39, 0.29) is 24.4 Å². The number of carbonyl (C=O) groups is 2. The molecule has 15 heavy (non-hydrogen) atoms. The molecule has 1 aromatic rings. The molecule has 0 aromatic carbocycles. The number of aromatic nitrogens is 2. The van der Waals surface area contributed by atoms with E-state index in [1.807, 2.05) is 6.92 Å². The third kappa shape index (κ3) is 3.80. The lowest BCUT2D eigenvalue weighted by Gasteiger charge is -2.11. The second-order valence-corrected chi connectivity index (χ2v) is 3.17. The zero-order valence-electron chi connectivity index (χ0n) is 8.70. The molecule has 1 heterocycles. The van der Waals surface area contributed by atoms with Crippen LogP contribution in [-0.4, -0.2) is 28.3 Å². The molecule has 6 nitrogen and oxygen atoms in total. The van der Waals surface area contributed by atoms with Crippen LogP contribution in [0.5, 0.6) is 0 Å². The number of nitrogens with one attached hydrogen (secondary N) is 3. The molecule has 0 saturated carbocycles. The Morgan fingerprint density at radius 1 is 1.60 bits per heavy atom. The molecule has 1 rings (SSSR count). The number of hydrogen-bond donors (Lipinski definition) is 3. The molecule has 1 unspecified atom stereocenters. The zero-order valence-corrected chi connectivity index (χ0v) is 8.70. The minimum atomic E-state index is -0.242. The summed E-state index contributed by atoms with van der Waals surface area (Å²) in [7, 11) is 0. The summed E-state index contributed by atoms with van der Waals surface area (Å²) in [6.07, 6.45) is 3.30. The van der Waals surface area contributed by atoms with Crippen molar-refractivity contribution in [3.05, 3.63) is 18.2 Å². The van der Waals surface area contributed by atoms with Crippen molar-refractivity contribution in [2.24, 2.45) is 0 Å². The molecule has 0 radical (unpaired) electrons. The maximum atomic E-state index is 11.3. The third-order valence-corrected chi connectivity index (χ3v) is 1.80. The minimum absolute atomic E-state index is 0.0135. The van der Waals surface area contributed by atoms with E-state index in [1.165, 1.54) is 6.92 Å². The Hall–Kier alpha value is -1.85. The van der Waals surface area contributed by atoms with Crippen LogP contribution in [0.15, 0.2) is 12.4 Å². The number of amides is 2. The third-order valence-electron chi connectivity index (χ3n) is 1.80. The first-order chi connectivity index (χ1) is 7.09. The van der Waals surface area contributed by atoms with Crippen LogP contribution in [0.4, 0.5) is 0 Å². The van der Waals surface area contributed by atoms with Crippen LogP contribution in [0.2, 0.25) is 0 Å². The summed E-state index contributed by atoms with van der Waals surface area (Å²) in [6, 6.07) is -0.193. The molecule has 0 bridgehead atoms. The van der Waals surface area contributed by atoms with Crippen LogP contribution in [0, 0.1) is 0 Å². The SMILES string of the molecule is CC(=O)NCC(=O)NC(C)c1ncc[nH]1. The van der Waals surface area contributed by atoms with Gasteiger partial charge in [0.2, 0.25) is 11.8 Å². The van der Waals surface area contributed by atoms with Gasteiger partial charge in [0.15, 0.2) is 0 Å². The largest absolute Gasteiger partial charge is 0.347 e. The Bertz CT molecular complexity index is 334. The standard InChI is InChI=1S/C9H14N4O2/c1-6(9-10-3-4-11-9)13-8(15)5-12-7(2)14/h3-4,6H,5H2,1-2H3,(H,10,11)(H,12,14)(H,13,15). The highest BCUT2D eigenvalue weighted by Crippen LogP contribution is 2.03. The number of rotatable bonds is 4. The topological polar surface area (TPSA) is 86.9 Å². The maximum Gasteiger partial charge on any atom is 0.239 e. The van der Waals surface area contributed by atoms with Crippen molar-refractivity contribution in [2.75, 3.05) is 6.54 Å². The molecule has 0 spiro atoms. The van der Waals surface area contributed by atoms with Crippen LogP contribution < -0.4 is 10.6 Å². The summed E-state index contributed by atoms with van der Waals surface area (Å²) in [5.74, 6) is 0.219. The van der Waals surface area contributed by atoms with Gasteiger partial charge in [-0.25, -0.2) is 4.98 Å². The average molecular weight is 210 g/mol. The van der Waals surface area contributed by atoms with Crippen LogP contribution in [0.1, 0.15) is 25.7 Å². The quantitative estimate of drug-likeness (QED) is 0.639. The highest BCUT2D eigenvalue weighted by molar-refractivity contribution is 5.83. The summed E-state index contributed by atoms with van der Waals surface area (Å²) in [6.45, 7) is 3.16. The second kappa shape index (κ2) is 5.14. The summed E-state index contributed by atoms with van der Waals surface area (Å²) in [5, 5.41) is 5.10. The van der Waals surface area contributed by atoms with Gasteiger partial charge in [-0.1, -0.05) is 0 Å². The van der Waals surface area contributed by atoms with Crippen LogP contribution in [0.25, 0.3) is 0 Å². The number of hydrogen-bond acceptors (Lipinski definition) is 3. The molecule has 1 aromatic heterocycles. The van der Waals surface area contributed by atoms with Crippen molar-refractivity contribution < 1.29 is 9.59 Å². The number of carbonyl (C=O) groups excluding carboxylic acids is 2. The van der Waals surface area contributed by atoms with E-state index in [9.17, 15) is 9.59 Å². The van der Waals surface area contributed by atoms with Crippen LogP contribution in [-0.2, 0) is 9.59 Å². The van der Waals surface area contributed by atoms with Crippen molar-refractivity contribution in [3.63, 3.8) is 0 Å². The zero-order chi connectivity index (χ0) is 11.3. The van der Waals surface area contributed by atoms with E-state index in [4.69, 9.17) is 0 Å².